The molecule has 0 radical (unpaired) electrons. The Morgan fingerprint density at radius 3 is 2.83 bits per heavy atom. The average molecular weight is 231 g/mol. The summed E-state index contributed by atoms with van der Waals surface area (Å²) in [5.74, 6) is 5.93. The molecule has 0 aliphatic rings. The van der Waals surface area contributed by atoms with Gasteiger partial charge >= 0.3 is 0 Å². The number of halogens is 1. The first kappa shape index (κ1) is 9.51. The molecule has 0 aliphatic heterocycles. The molecule has 0 fully saturated rings. The molecule has 0 atom stereocenters. The number of nitrogens with two attached hydrogens (primary N) is 1. The quantitative estimate of drug-likeness (QED) is 0.466. The van der Waals surface area contributed by atoms with Crippen LogP contribution >= 0.6 is 15.9 Å². The zero-order valence-electron chi connectivity index (χ0n) is 6.59. The highest BCUT2D eigenvalue weighted by molar-refractivity contribution is 9.10. The molecule has 0 amide bonds. The maximum Gasteiger partial charge on any atom is 0.133 e. The molecule has 0 unspecified atom stereocenters. The Balaban J connectivity index is 2.46. The number of benzene rings is 1. The predicted octanol–water partition coefficient (Wildman–Crippen LogP) is 1.29. The second-order valence-electron chi connectivity index (χ2n) is 2.23. The van der Waals surface area contributed by atoms with Crippen LogP contribution in [-0.4, -0.2) is 13.2 Å². The van der Waals surface area contributed by atoms with E-state index in [1.165, 1.54) is 0 Å². The Morgan fingerprint density at radius 1 is 1.42 bits per heavy atom. The summed E-state index contributed by atoms with van der Waals surface area (Å²) < 4.78 is 6.35. The first-order valence-corrected chi connectivity index (χ1v) is 4.44. The molecule has 66 valence electrons. The smallest absolute Gasteiger partial charge is 0.133 e. The lowest BCUT2D eigenvalue weighted by molar-refractivity contribution is 0.313. The lowest BCUT2D eigenvalue weighted by Crippen LogP contribution is -2.27. The molecule has 4 heteroatoms. The fraction of sp³-hybridized carbons (Fsp3) is 0.250. The molecule has 0 saturated carbocycles. The third-order valence-corrected chi connectivity index (χ3v) is 2.00. The van der Waals surface area contributed by atoms with Gasteiger partial charge in [-0.25, -0.2) is 0 Å². The van der Waals surface area contributed by atoms with E-state index >= 15 is 0 Å². The monoisotopic (exact) mass is 230 g/mol. The lowest BCUT2D eigenvalue weighted by Gasteiger charge is -2.06. The molecular weight excluding hydrogens is 220 g/mol. The molecule has 0 saturated heterocycles. The van der Waals surface area contributed by atoms with Gasteiger partial charge in [-0.3, -0.25) is 11.3 Å². The summed E-state index contributed by atoms with van der Waals surface area (Å²) in [7, 11) is 0. The van der Waals surface area contributed by atoms with Crippen molar-refractivity contribution in [3.63, 3.8) is 0 Å². The summed E-state index contributed by atoms with van der Waals surface area (Å²) in [6.45, 7) is 1.21. The van der Waals surface area contributed by atoms with Crippen LogP contribution in [0.3, 0.4) is 0 Å². The topological polar surface area (TPSA) is 47.3 Å². The van der Waals surface area contributed by atoms with Crippen LogP contribution in [-0.2, 0) is 0 Å². The van der Waals surface area contributed by atoms with Crippen LogP contribution in [0.5, 0.6) is 5.75 Å². The van der Waals surface area contributed by atoms with Gasteiger partial charge in [0.2, 0.25) is 0 Å². The van der Waals surface area contributed by atoms with Crippen molar-refractivity contribution >= 4 is 15.9 Å². The summed E-state index contributed by atoms with van der Waals surface area (Å²) in [4.78, 5) is 0. The van der Waals surface area contributed by atoms with Gasteiger partial charge in [0.05, 0.1) is 4.47 Å². The molecule has 1 aromatic rings. The fourth-order valence-electron chi connectivity index (χ4n) is 0.782. The van der Waals surface area contributed by atoms with E-state index in [2.05, 4.69) is 21.4 Å². The van der Waals surface area contributed by atoms with Crippen molar-refractivity contribution in [2.24, 2.45) is 5.84 Å². The van der Waals surface area contributed by atoms with Crippen molar-refractivity contribution in [3.05, 3.63) is 28.7 Å². The van der Waals surface area contributed by atoms with Gasteiger partial charge in [0.25, 0.3) is 0 Å². The molecule has 1 aromatic carbocycles. The number of para-hydroxylation sites is 1. The van der Waals surface area contributed by atoms with E-state index in [-0.39, 0.29) is 0 Å². The molecule has 0 spiro atoms. The second kappa shape index (κ2) is 5.13. The van der Waals surface area contributed by atoms with Crippen molar-refractivity contribution in [3.8, 4) is 5.75 Å². The van der Waals surface area contributed by atoms with Crippen LogP contribution in [0, 0.1) is 0 Å². The molecule has 0 bridgehead atoms. The summed E-state index contributed by atoms with van der Waals surface area (Å²) in [6.07, 6.45) is 0. The van der Waals surface area contributed by atoms with Crippen LogP contribution in [0.1, 0.15) is 0 Å². The molecule has 3 N–H and O–H groups in total. The van der Waals surface area contributed by atoms with Crippen LogP contribution in [0.2, 0.25) is 0 Å². The fourth-order valence-corrected chi connectivity index (χ4v) is 1.18. The Morgan fingerprint density at radius 2 is 2.17 bits per heavy atom. The van der Waals surface area contributed by atoms with Gasteiger partial charge in [-0.05, 0) is 28.1 Å². The van der Waals surface area contributed by atoms with Crippen molar-refractivity contribution in [1.29, 1.82) is 0 Å². The summed E-state index contributed by atoms with van der Waals surface area (Å²) >= 11 is 3.37. The van der Waals surface area contributed by atoms with E-state index in [4.69, 9.17) is 10.6 Å². The number of hydrogen-bond donors (Lipinski definition) is 2. The van der Waals surface area contributed by atoms with Crippen LogP contribution in [0.25, 0.3) is 0 Å². The Bertz CT molecular complexity index is 242. The average Bonchev–Trinajstić information content (AvgIpc) is 2.09. The van der Waals surface area contributed by atoms with Gasteiger partial charge in [-0.1, -0.05) is 12.1 Å². The zero-order chi connectivity index (χ0) is 8.81. The van der Waals surface area contributed by atoms with E-state index in [9.17, 15) is 0 Å². The van der Waals surface area contributed by atoms with Crippen molar-refractivity contribution in [2.75, 3.05) is 13.2 Å². The molecule has 0 heterocycles. The molecule has 12 heavy (non-hydrogen) atoms. The highest BCUT2D eigenvalue weighted by atomic mass is 79.9. The van der Waals surface area contributed by atoms with E-state index in [1.54, 1.807) is 0 Å². The summed E-state index contributed by atoms with van der Waals surface area (Å²) in [5.41, 5.74) is 2.52. The van der Waals surface area contributed by atoms with Crippen LogP contribution in [0.4, 0.5) is 0 Å². The van der Waals surface area contributed by atoms with E-state index in [0.717, 1.165) is 10.2 Å². The number of ether oxygens (including phenoxy) is 1. The van der Waals surface area contributed by atoms with E-state index < -0.39 is 0 Å². The summed E-state index contributed by atoms with van der Waals surface area (Å²) in [5, 5.41) is 0. The first-order valence-electron chi connectivity index (χ1n) is 3.65. The predicted molar refractivity (Wildman–Crippen MR) is 51.8 cm³/mol. The largest absolute Gasteiger partial charge is 0.491 e. The Kier molecular flexibility index (Phi) is 4.07. The third-order valence-electron chi connectivity index (χ3n) is 1.34. The lowest BCUT2D eigenvalue weighted by atomic mass is 10.3. The van der Waals surface area contributed by atoms with Crippen molar-refractivity contribution in [2.45, 2.75) is 0 Å². The standard InChI is InChI=1S/C8H11BrN2O/c9-7-3-1-2-4-8(7)12-6-5-11-10/h1-4,11H,5-6,10H2. The highest BCUT2D eigenvalue weighted by Gasteiger charge is 1.96. The van der Waals surface area contributed by atoms with Gasteiger partial charge in [0.15, 0.2) is 0 Å². The SMILES string of the molecule is NNCCOc1ccccc1Br. The van der Waals surface area contributed by atoms with Crippen LogP contribution in [0.15, 0.2) is 28.7 Å². The first-order chi connectivity index (χ1) is 5.84. The minimum absolute atomic E-state index is 0.569. The summed E-state index contributed by atoms with van der Waals surface area (Å²) in [6, 6.07) is 7.71. The number of nitrogens with one attached hydrogen (secondary N) is 1. The Labute approximate surface area is 80.0 Å². The van der Waals surface area contributed by atoms with Gasteiger partial charge in [-0.2, -0.15) is 0 Å². The molecule has 0 aromatic heterocycles. The second-order valence-corrected chi connectivity index (χ2v) is 3.09. The Hall–Kier alpha value is -0.580. The maximum absolute atomic E-state index is 5.39. The third kappa shape index (κ3) is 2.81. The van der Waals surface area contributed by atoms with E-state index in [1.807, 2.05) is 24.3 Å². The minimum Gasteiger partial charge on any atom is -0.491 e. The maximum atomic E-state index is 5.39. The van der Waals surface area contributed by atoms with Gasteiger partial charge in [0.1, 0.15) is 12.4 Å². The zero-order valence-corrected chi connectivity index (χ0v) is 8.17. The van der Waals surface area contributed by atoms with Gasteiger partial charge in [0, 0.05) is 6.54 Å². The normalized spacial score (nSPS) is 9.83. The highest BCUT2D eigenvalue weighted by Crippen LogP contribution is 2.23. The van der Waals surface area contributed by atoms with Crippen molar-refractivity contribution in [1.82, 2.24) is 5.43 Å². The number of hydrazine groups is 1. The van der Waals surface area contributed by atoms with Gasteiger partial charge in [-0.15, -0.1) is 0 Å². The molecule has 0 aliphatic carbocycles. The van der Waals surface area contributed by atoms with Gasteiger partial charge < -0.3 is 4.74 Å². The van der Waals surface area contributed by atoms with Crippen molar-refractivity contribution < 1.29 is 4.74 Å². The molecular formula is C8H11BrN2O. The number of hydrogen-bond acceptors (Lipinski definition) is 3. The molecule has 1 rings (SSSR count). The van der Waals surface area contributed by atoms with E-state index in [0.29, 0.717) is 13.2 Å². The van der Waals surface area contributed by atoms with Crippen LogP contribution < -0.4 is 16.0 Å². The minimum atomic E-state index is 0.569. The number of rotatable bonds is 4. The molecule has 3 nitrogen and oxygen atoms in total.